The fourth-order valence-corrected chi connectivity index (χ4v) is 4.57. The number of ether oxygens (including phenoxy) is 3. The largest absolute Gasteiger partial charge is 0.482 e. The molecule has 1 amide bonds. The molecule has 1 heterocycles. The number of nitrogens with zero attached hydrogens (tertiary/aromatic N) is 1. The number of sulfonamides is 1. The number of benzene rings is 2. The van der Waals surface area contributed by atoms with Crippen LogP contribution in [0, 0.1) is 0 Å². The van der Waals surface area contributed by atoms with E-state index in [1.54, 1.807) is 24.3 Å². The highest BCUT2D eigenvalue weighted by atomic mass is 35.5. The molecule has 0 aromatic heterocycles. The van der Waals surface area contributed by atoms with E-state index in [2.05, 4.69) is 4.72 Å². The van der Waals surface area contributed by atoms with E-state index in [0.29, 0.717) is 18.0 Å². The van der Waals surface area contributed by atoms with Crippen molar-refractivity contribution in [1.29, 1.82) is 0 Å². The maximum absolute atomic E-state index is 12.9. The number of rotatable bonds is 9. The van der Waals surface area contributed by atoms with E-state index in [1.165, 1.54) is 30.2 Å². The Morgan fingerprint density at radius 2 is 2.00 bits per heavy atom. The van der Waals surface area contributed by atoms with Gasteiger partial charge in [-0.2, -0.15) is 0 Å². The summed E-state index contributed by atoms with van der Waals surface area (Å²) in [5.41, 5.74) is 0.497. The van der Waals surface area contributed by atoms with E-state index in [9.17, 15) is 18.0 Å². The summed E-state index contributed by atoms with van der Waals surface area (Å²) in [5, 5.41) is 0.0518. The Bertz CT molecular complexity index is 1120. The predicted octanol–water partition coefficient (Wildman–Crippen LogP) is 2.76. The number of para-hydroxylation sites is 2. The lowest BCUT2D eigenvalue weighted by atomic mass is 10.2. The molecule has 11 heteroatoms. The van der Waals surface area contributed by atoms with Gasteiger partial charge in [-0.15, -0.1) is 0 Å². The van der Waals surface area contributed by atoms with Crippen LogP contribution in [0.4, 0.5) is 5.69 Å². The molecule has 0 spiro atoms. The van der Waals surface area contributed by atoms with Crippen molar-refractivity contribution in [3.63, 3.8) is 0 Å². The lowest BCUT2D eigenvalue weighted by Gasteiger charge is -2.33. The van der Waals surface area contributed by atoms with E-state index >= 15 is 0 Å². The average molecular weight is 497 g/mol. The minimum absolute atomic E-state index is 0.00491. The molecule has 0 radical (unpaired) electrons. The maximum Gasteiger partial charge on any atom is 0.348 e. The zero-order valence-corrected chi connectivity index (χ0v) is 19.8. The smallest absolute Gasteiger partial charge is 0.348 e. The second kappa shape index (κ2) is 10.9. The molecule has 0 fully saturated rings. The van der Waals surface area contributed by atoms with Gasteiger partial charge < -0.3 is 19.1 Å². The highest BCUT2D eigenvalue weighted by molar-refractivity contribution is 7.89. The van der Waals surface area contributed by atoms with Crippen LogP contribution in [0.1, 0.15) is 19.8 Å². The first-order valence-electron chi connectivity index (χ1n) is 10.3. The number of fused-ring (bicyclic) bond motifs is 1. The van der Waals surface area contributed by atoms with Crippen molar-refractivity contribution in [2.75, 3.05) is 31.7 Å². The molecular formula is C22H25ClN2O7S. The number of anilines is 1. The van der Waals surface area contributed by atoms with Crippen LogP contribution in [-0.2, 0) is 24.3 Å². The van der Waals surface area contributed by atoms with Gasteiger partial charge in [-0.3, -0.25) is 4.79 Å². The van der Waals surface area contributed by atoms with Crippen LogP contribution < -0.4 is 19.1 Å². The Hall–Kier alpha value is -2.82. The molecule has 9 nitrogen and oxygen atoms in total. The van der Waals surface area contributed by atoms with Gasteiger partial charge in [0, 0.05) is 6.54 Å². The van der Waals surface area contributed by atoms with Crippen LogP contribution in [0.2, 0.25) is 5.02 Å². The topological polar surface area (TPSA) is 111 Å². The number of methoxy groups -OCH3 is 1. The molecular weight excluding hydrogens is 472 g/mol. The van der Waals surface area contributed by atoms with Gasteiger partial charge in [0.15, 0.2) is 6.61 Å². The van der Waals surface area contributed by atoms with Crippen LogP contribution in [0.3, 0.4) is 0 Å². The number of carbonyl (C=O) groups excluding carboxylic acids is 2. The summed E-state index contributed by atoms with van der Waals surface area (Å²) in [4.78, 5) is 26.3. The summed E-state index contributed by atoms with van der Waals surface area (Å²) in [5.74, 6) is -0.511. The molecule has 178 valence electrons. The SMILES string of the molecule is CCCCNS(=O)(=O)c1ccc(OCC(=O)N2C[C@H](C(=O)OC)Oc3ccccc32)c(Cl)c1. The summed E-state index contributed by atoms with van der Waals surface area (Å²) >= 11 is 6.21. The van der Waals surface area contributed by atoms with Crippen LogP contribution in [-0.4, -0.2) is 53.2 Å². The van der Waals surface area contributed by atoms with Crippen LogP contribution in [0.5, 0.6) is 11.5 Å². The number of carbonyl (C=O) groups is 2. The predicted molar refractivity (Wildman–Crippen MR) is 122 cm³/mol. The molecule has 33 heavy (non-hydrogen) atoms. The van der Waals surface area contributed by atoms with Crippen LogP contribution >= 0.6 is 11.6 Å². The molecule has 1 N–H and O–H groups in total. The highest BCUT2D eigenvalue weighted by Crippen LogP contribution is 2.34. The number of halogens is 1. The Labute approximate surface area is 197 Å². The van der Waals surface area contributed by atoms with E-state index in [-0.39, 0.29) is 28.8 Å². The lowest BCUT2D eigenvalue weighted by molar-refractivity contribution is -0.148. The van der Waals surface area contributed by atoms with Crippen LogP contribution in [0.25, 0.3) is 0 Å². The number of esters is 1. The Balaban J connectivity index is 1.71. The second-order valence-electron chi connectivity index (χ2n) is 7.23. The van der Waals surface area contributed by atoms with Gasteiger partial charge in [0.05, 0.1) is 29.3 Å². The Kier molecular flexibility index (Phi) is 8.17. The fraction of sp³-hybridized carbons (Fsp3) is 0.364. The van der Waals surface area contributed by atoms with E-state index < -0.39 is 28.0 Å². The van der Waals surface area contributed by atoms with E-state index in [4.69, 9.17) is 25.8 Å². The molecule has 0 unspecified atom stereocenters. The Morgan fingerprint density at radius 3 is 2.70 bits per heavy atom. The second-order valence-corrected chi connectivity index (χ2v) is 9.41. The van der Waals surface area contributed by atoms with Crippen molar-refractivity contribution in [2.24, 2.45) is 0 Å². The molecule has 2 aromatic rings. The molecule has 1 aliphatic heterocycles. The van der Waals surface area contributed by atoms with Crippen molar-refractivity contribution in [3.05, 3.63) is 47.5 Å². The van der Waals surface area contributed by atoms with Gasteiger partial charge in [0.1, 0.15) is 11.5 Å². The zero-order valence-electron chi connectivity index (χ0n) is 18.2. The van der Waals surface area contributed by atoms with Crippen LogP contribution in [0.15, 0.2) is 47.4 Å². The average Bonchev–Trinajstić information content (AvgIpc) is 2.81. The van der Waals surface area contributed by atoms with Gasteiger partial charge in [-0.05, 0) is 36.8 Å². The Morgan fingerprint density at radius 1 is 1.24 bits per heavy atom. The van der Waals surface area contributed by atoms with Gasteiger partial charge in [-0.25, -0.2) is 17.9 Å². The third-order valence-corrected chi connectivity index (χ3v) is 6.68. The molecule has 3 rings (SSSR count). The number of hydrogen-bond acceptors (Lipinski definition) is 7. The monoisotopic (exact) mass is 496 g/mol. The lowest BCUT2D eigenvalue weighted by Crippen LogP contribution is -2.48. The normalized spacial score (nSPS) is 15.4. The molecule has 2 aromatic carbocycles. The summed E-state index contributed by atoms with van der Waals surface area (Å²) in [7, 11) is -2.45. The molecule has 0 aliphatic carbocycles. The maximum atomic E-state index is 12.9. The third-order valence-electron chi connectivity index (χ3n) is 4.93. The van der Waals surface area contributed by atoms with Gasteiger partial charge in [0.25, 0.3) is 5.91 Å². The number of hydrogen-bond donors (Lipinski definition) is 1. The summed E-state index contributed by atoms with van der Waals surface area (Å²) in [6.45, 7) is 1.86. The summed E-state index contributed by atoms with van der Waals surface area (Å²) < 4.78 is 43.1. The first kappa shape index (κ1) is 24.8. The van der Waals surface area contributed by atoms with Gasteiger partial charge in [0.2, 0.25) is 16.1 Å². The van der Waals surface area contributed by atoms with Crippen molar-refractivity contribution >= 4 is 39.2 Å². The number of amides is 1. The molecule has 0 saturated carbocycles. The minimum atomic E-state index is -3.69. The van der Waals surface area contributed by atoms with Crippen molar-refractivity contribution < 1.29 is 32.2 Å². The van der Waals surface area contributed by atoms with Crippen molar-refractivity contribution in [3.8, 4) is 11.5 Å². The molecule has 0 bridgehead atoms. The first-order valence-corrected chi connectivity index (χ1v) is 12.2. The first-order chi connectivity index (χ1) is 15.8. The van der Waals surface area contributed by atoms with Crippen molar-refractivity contribution in [2.45, 2.75) is 30.8 Å². The van der Waals surface area contributed by atoms with Gasteiger partial charge in [-0.1, -0.05) is 37.1 Å². The van der Waals surface area contributed by atoms with Gasteiger partial charge >= 0.3 is 5.97 Å². The minimum Gasteiger partial charge on any atom is -0.482 e. The third kappa shape index (κ3) is 5.95. The highest BCUT2D eigenvalue weighted by Gasteiger charge is 2.34. The summed E-state index contributed by atoms with van der Waals surface area (Å²) in [6, 6.07) is 10.8. The molecule has 1 atom stereocenters. The van der Waals surface area contributed by atoms with E-state index in [0.717, 1.165) is 12.8 Å². The zero-order chi connectivity index (χ0) is 24.0. The molecule has 1 aliphatic rings. The quantitative estimate of drug-likeness (QED) is 0.419. The number of unbranched alkanes of at least 4 members (excludes halogenated alkanes) is 1. The van der Waals surface area contributed by atoms with E-state index in [1.807, 2.05) is 6.92 Å². The standard InChI is InChI=1S/C22H25ClN2O7S/c1-3-4-11-24-33(28,29)15-9-10-18(16(23)12-15)31-14-21(26)25-13-20(22(27)30-2)32-19-8-6-5-7-17(19)25/h5-10,12,20,24H,3-4,11,13-14H2,1-2H3/t20-/m1/s1. The fourth-order valence-electron chi connectivity index (χ4n) is 3.17. The van der Waals surface area contributed by atoms with Crippen molar-refractivity contribution in [1.82, 2.24) is 4.72 Å². The number of nitrogens with one attached hydrogen (secondary N) is 1. The summed E-state index contributed by atoms with van der Waals surface area (Å²) in [6.07, 6.45) is 0.609. The molecule has 0 saturated heterocycles.